The van der Waals surface area contributed by atoms with Gasteiger partial charge >= 0.3 is 0 Å². The minimum Gasteiger partial charge on any atom is -0.497 e. The lowest BCUT2D eigenvalue weighted by atomic mass is 10.1. The first-order valence-corrected chi connectivity index (χ1v) is 5.31. The highest BCUT2D eigenvalue weighted by Gasteiger charge is 2.12. The Morgan fingerprint density at radius 2 is 2.31 bits per heavy atom. The zero-order valence-electron chi connectivity index (χ0n) is 9.31. The van der Waals surface area contributed by atoms with Crippen LogP contribution in [-0.2, 0) is 0 Å². The van der Waals surface area contributed by atoms with Crippen LogP contribution in [0.25, 0.3) is 0 Å². The summed E-state index contributed by atoms with van der Waals surface area (Å²) in [6.45, 7) is 1.70. The van der Waals surface area contributed by atoms with Gasteiger partial charge in [-0.25, -0.2) is 0 Å². The van der Waals surface area contributed by atoms with E-state index in [1.807, 2.05) is 24.3 Å². The SMILES string of the molecule is COc1cccc(N2CC=C(C#N)CC2)c1. The molecule has 0 N–H and O–H groups in total. The largest absolute Gasteiger partial charge is 0.497 e. The molecule has 2 rings (SSSR count). The lowest BCUT2D eigenvalue weighted by molar-refractivity contribution is 0.415. The smallest absolute Gasteiger partial charge is 0.120 e. The molecule has 0 aromatic heterocycles. The van der Waals surface area contributed by atoms with Crippen LogP contribution < -0.4 is 9.64 Å². The van der Waals surface area contributed by atoms with E-state index < -0.39 is 0 Å². The highest BCUT2D eigenvalue weighted by molar-refractivity contribution is 5.52. The molecule has 1 aromatic carbocycles. The molecule has 3 nitrogen and oxygen atoms in total. The van der Waals surface area contributed by atoms with Crippen LogP contribution >= 0.6 is 0 Å². The molecule has 1 aliphatic heterocycles. The molecule has 0 saturated heterocycles. The maximum Gasteiger partial charge on any atom is 0.120 e. The van der Waals surface area contributed by atoms with Crippen LogP contribution in [0.15, 0.2) is 35.9 Å². The van der Waals surface area contributed by atoms with Crippen molar-refractivity contribution in [3.63, 3.8) is 0 Å². The quantitative estimate of drug-likeness (QED) is 0.758. The van der Waals surface area contributed by atoms with E-state index in [4.69, 9.17) is 10.00 Å². The Morgan fingerprint density at radius 3 is 2.94 bits per heavy atom. The van der Waals surface area contributed by atoms with Crippen LogP contribution in [0.1, 0.15) is 6.42 Å². The van der Waals surface area contributed by atoms with Gasteiger partial charge in [-0.05, 0) is 18.6 Å². The van der Waals surface area contributed by atoms with Crippen molar-refractivity contribution in [1.82, 2.24) is 0 Å². The number of ether oxygens (including phenoxy) is 1. The van der Waals surface area contributed by atoms with Crippen LogP contribution in [-0.4, -0.2) is 20.2 Å². The van der Waals surface area contributed by atoms with Crippen LogP contribution in [0.4, 0.5) is 5.69 Å². The van der Waals surface area contributed by atoms with Crippen molar-refractivity contribution in [2.24, 2.45) is 0 Å². The normalized spacial score (nSPS) is 15.2. The van der Waals surface area contributed by atoms with Gasteiger partial charge in [0.15, 0.2) is 0 Å². The molecule has 0 fully saturated rings. The van der Waals surface area contributed by atoms with Crippen molar-refractivity contribution < 1.29 is 4.74 Å². The molecule has 0 bridgehead atoms. The molecule has 16 heavy (non-hydrogen) atoms. The van der Waals surface area contributed by atoms with E-state index in [0.29, 0.717) is 0 Å². The average molecular weight is 214 g/mol. The number of methoxy groups -OCH3 is 1. The monoisotopic (exact) mass is 214 g/mol. The molecule has 0 aliphatic carbocycles. The fourth-order valence-electron chi connectivity index (χ4n) is 1.81. The maximum atomic E-state index is 8.77. The number of nitrogens with zero attached hydrogens (tertiary/aromatic N) is 2. The van der Waals surface area contributed by atoms with Crippen molar-refractivity contribution in [2.45, 2.75) is 6.42 Å². The second kappa shape index (κ2) is 4.71. The minimum atomic E-state index is 0.802. The summed E-state index contributed by atoms with van der Waals surface area (Å²) >= 11 is 0. The topological polar surface area (TPSA) is 36.3 Å². The van der Waals surface area contributed by atoms with Gasteiger partial charge < -0.3 is 9.64 Å². The lowest BCUT2D eigenvalue weighted by Gasteiger charge is -2.26. The van der Waals surface area contributed by atoms with E-state index in [1.54, 1.807) is 7.11 Å². The predicted molar refractivity (Wildman–Crippen MR) is 63.5 cm³/mol. The van der Waals surface area contributed by atoms with Gasteiger partial charge in [-0.1, -0.05) is 12.1 Å². The number of nitriles is 1. The standard InChI is InChI=1S/C13H14N2O/c1-16-13-4-2-3-12(9-13)15-7-5-11(10-14)6-8-15/h2-5,9H,6-8H2,1H3. The van der Waals surface area contributed by atoms with Crippen LogP contribution in [0.5, 0.6) is 5.75 Å². The van der Waals surface area contributed by atoms with Gasteiger partial charge in [0.25, 0.3) is 0 Å². The molecule has 0 spiro atoms. The Morgan fingerprint density at radius 1 is 1.44 bits per heavy atom. The first-order valence-electron chi connectivity index (χ1n) is 5.31. The van der Waals surface area contributed by atoms with Crippen molar-refractivity contribution in [3.05, 3.63) is 35.9 Å². The molecule has 1 aromatic rings. The number of benzene rings is 1. The average Bonchev–Trinajstić information content (AvgIpc) is 2.39. The summed E-state index contributed by atoms with van der Waals surface area (Å²) in [6, 6.07) is 10.2. The van der Waals surface area contributed by atoms with Crippen molar-refractivity contribution in [2.75, 3.05) is 25.1 Å². The summed E-state index contributed by atoms with van der Waals surface area (Å²) in [5.41, 5.74) is 2.03. The molecule has 3 heteroatoms. The van der Waals surface area contributed by atoms with Gasteiger partial charge in [-0.2, -0.15) is 5.26 Å². The summed E-state index contributed by atoms with van der Waals surface area (Å²) in [4.78, 5) is 2.24. The zero-order valence-corrected chi connectivity index (χ0v) is 9.31. The number of rotatable bonds is 2. The maximum absolute atomic E-state index is 8.77. The Labute approximate surface area is 95.6 Å². The van der Waals surface area contributed by atoms with Gasteiger partial charge in [0.1, 0.15) is 5.75 Å². The van der Waals surface area contributed by atoms with Gasteiger partial charge in [0.2, 0.25) is 0 Å². The van der Waals surface area contributed by atoms with Crippen molar-refractivity contribution in [3.8, 4) is 11.8 Å². The molecule has 1 heterocycles. The predicted octanol–water partition coefficient (Wildman–Crippen LogP) is 2.36. The molecule has 0 amide bonds. The van der Waals surface area contributed by atoms with E-state index >= 15 is 0 Å². The van der Waals surface area contributed by atoms with E-state index in [1.165, 1.54) is 0 Å². The highest BCUT2D eigenvalue weighted by atomic mass is 16.5. The summed E-state index contributed by atoms with van der Waals surface area (Å²) in [7, 11) is 1.67. The Hall–Kier alpha value is -1.95. The third-order valence-electron chi connectivity index (χ3n) is 2.77. The zero-order chi connectivity index (χ0) is 11.4. The summed E-state index contributed by atoms with van der Waals surface area (Å²) < 4.78 is 5.19. The van der Waals surface area contributed by atoms with E-state index in [0.717, 1.165) is 36.5 Å². The molecule has 0 saturated carbocycles. The third-order valence-corrected chi connectivity index (χ3v) is 2.77. The van der Waals surface area contributed by atoms with Gasteiger partial charge in [0.05, 0.1) is 13.2 Å². The molecular formula is C13H14N2O. The molecular weight excluding hydrogens is 200 g/mol. The van der Waals surface area contributed by atoms with Crippen molar-refractivity contribution in [1.29, 1.82) is 5.26 Å². The van der Waals surface area contributed by atoms with E-state index in [9.17, 15) is 0 Å². The Kier molecular flexibility index (Phi) is 3.11. The van der Waals surface area contributed by atoms with Crippen LogP contribution in [0, 0.1) is 11.3 Å². The number of hydrogen-bond acceptors (Lipinski definition) is 3. The number of anilines is 1. The minimum absolute atomic E-state index is 0.802. The molecule has 0 atom stereocenters. The summed E-state index contributed by atoms with van der Waals surface area (Å²) in [5, 5.41) is 8.77. The molecule has 0 unspecified atom stereocenters. The van der Waals surface area contributed by atoms with Crippen LogP contribution in [0.2, 0.25) is 0 Å². The van der Waals surface area contributed by atoms with Gasteiger partial charge in [0, 0.05) is 30.4 Å². The molecule has 0 radical (unpaired) electrons. The first-order chi connectivity index (χ1) is 7.83. The van der Waals surface area contributed by atoms with E-state index in [-0.39, 0.29) is 0 Å². The fraction of sp³-hybridized carbons (Fsp3) is 0.308. The summed E-state index contributed by atoms with van der Waals surface area (Å²) in [6.07, 6.45) is 2.82. The second-order valence-corrected chi connectivity index (χ2v) is 3.74. The molecule has 82 valence electrons. The van der Waals surface area contributed by atoms with Crippen molar-refractivity contribution >= 4 is 5.69 Å². The van der Waals surface area contributed by atoms with E-state index in [2.05, 4.69) is 17.0 Å². The first kappa shape index (κ1) is 10.6. The van der Waals surface area contributed by atoms with Gasteiger partial charge in [-0.15, -0.1) is 0 Å². The number of hydrogen-bond donors (Lipinski definition) is 0. The van der Waals surface area contributed by atoms with Gasteiger partial charge in [-0.3, -0.25) is 0 Å². The lowest BCUT2D eigenvalue weighted by Crippen LogP contribution is -2.28. The third kappa shape index (κ3) is 2.17. The molecule has 1 aliphatic rings. The second-order valence-electron chi connectivity index (χ2n) is 3.74. The highest BCUT2D eigenvalue weighted by Crippen LogP contribution is 2.23. The van der Waals surface area contributed by atoms with Crippen LogP contribution in [0.3, 0.4) is 0 Å². The Bertz CT molecular complexity index is 445. The summed E-state index contributed by atoms with van der Waals surface area (Å²) in [5.74, 6) is 0.868. The fourth-order valence-corrected chi connectivity index (χ4v) is 1.81. The Balaban J connectivity index is 2.14.